The molecule has 0 spiro atoms. The number of ether oxygens (including phenoxy) is 2. The van der Waals surface area contributed by atoms with E-state index in [2.05, 4.69) is 10.5 Å². The van der Waals surface area contributed by atoms with Crippen LogP contribution in [0.15, 0.2) is 41.5 Å². The number of amides is 1. The highest BCUT2D eigenvalue weighted by Gasteiger charge is 2.15. The summed E-state index contributed by atoms with van der Waals surface area (Å²) in [5.41, 5.74) is 3.81. The number of hydrogen-bond donors (Lipinski definition) is 2. The number of aromatic hydroxyl groups is 1. The van der Waals surface area contributed by atoms with Gasteiger partial charge < -0.3 is 14.6 Å². The summed E-state index contributed by atoms with van der Waals surface area (Å²) < 4.78 is 10.5. The van der Waals surface area contributed by atoms with Gasteiger partial charge in [-0.2, -0.15) is 5.10 Å². The number of rotatable bonds is 3. The second-order valence-electron chi connectivity index (χ2n) is 4.87. The molecule has 118 valence electrons. The van der Waals surface area contributed by atoms with Crippen molar-refractivity contribution in [2.75, 3.05) is 6.79 Å². The Bertz CT molecular complexity index is 805. The zero-order chi connectivity index (χ0) is 16.4. The molecule has 1 heterocycles. The van der Waals surface area contributed by atoms with Crippen LogP contribution in [0.5, 0.6) is 17.2 Å². The molecule has 1 amide bonds. The molecular formula is C16H13ClN2O4. The lowest BCUT2D eigenvalue weighted by Gasteiger charge is -2.06. The van der Waals surface area contributed by atoms with Crippen LogP contribution in [-0.2, 0) is 0 Å². The molecule has 6 nitrogen and oxygen atoms in total. The zero-order valence-corrected chi connectivity index (χ0v) is 12.9. The van der Waals surface area contributed by atoms with Crippen molar-refractivity contribution in [3.63, 3.8) is 0 Å². The molecule has 0 unspecified atom stereocenters. The number of benzene rings is 2. The largest absolute Gasteiger partial charge is 0.507 e. The summed E-state index contributed by atoms with van der Waals surface area (Å²) in [5, 5.41) is 14.1. The monoisotopic (exact) mass is 332 g/mol. The highest BCUT2D eigenvalue weighted by atomic mass is 35.5. The van der Waals surface area contributed by atoms with E-state index in [1.165, 1.54) is 18.2 Å². The molecular weight excluding hydrogens is 320 g/mol. The number of phenolic OH excluding ortho intramolecular Hbond substituents is 1. The topological polar surface area (TPSA) is 80.2 Å². The predicted molar refractivity (Wildman–Crippen MR) is 85.4 cm³/mol. The maximum Gasteiger partial charge on any atom is 0.275 e. The number of fused-ring (bicyclic) bond motifs is 1. The summed E-state index contributed by atoms with van der Waals surface area (Å²) in [7, 11) is 0. The van der Waals surface area contributed by atoms with Gasteiger partial charge in [-0.05, 0) is 43.3 Å². The smallest absolute Gasteiger partial charge is 0.275 e. The van der Waals surface area contributed by atoms with E-state index in [0.29, 0.717) is 22.2 Å². The SMILES string of the molecule is C/C(=N/NC(=O)c1cc(Cl)ccc1O)c1ccc2c(c1)OCO2. The quantitative estimate of drug-likeness (QED) is 0.669. The van der Waals surface area contributed by atoms with Gasteiger partial charge in [0, 0.05) is 10.6 Å². The first-order valence-corrected chi connectivity index (χ1v) is 7.15. The van der Waals surface area contributed by atoms with Crippen LogP contribution < -0.4 is 14.9 Å². The predicted octanol–water partition coefficient (Wildman–Crippen LogP) is 2.93. The standard InChI is InChI=1S/C16H13ClN2O4/c1-9(10-2-5-14-15(6-10)23-8-22-14)18-19-16(21)12-7-11(17)3-4-13(12)20/h2-7,20H,8H2,1H3,(H,19,21)/b18-9-. The Morgan fingerprint density at radius 1 is 1.22 bits per heavy atom. The molecule has 3 rings (SSSR count). The maximum absolute atomic E-state index is 12.1. The van der Waals surface area contributed by atoms with Crippen LogP contribution in [-0.4, -0.2) is 23.5 Å². The van der Waals surface area contributed by atoms with E-state index in [1.54, 1.807) is 19.1 Å². The highest BCUT2D eigenvalue weighted by Crippen LogP contribution is 2.32. The highest BCUT2D eigenvalue weighted by molar-refractivity contribution is 6.31. The van der Waals surface area contributed by atoms with Crippen molar-refractivity contribution in [2.45, 2.75) is 6.92 Å². The lowest BCUT2D eigenvalue weighted by Crippen LogP contribution is -2.19. The third-order valence-electron chi connectivity index (χ3n) is 3.32. The number of carbonyl (C=O) groups is 1. The van der Waals surface area contributed by atoms with Gasteiger partial charge in [-0.3, -0.25) is 4.79 Å². The van der Waals surface area contributed by atoms with E-state index in [9.17, 15) is 9.90 Å². The van der Waals surface area contributed by atoms with Crippen molar-refractivity contribution in [1.29, 1.82) is 0 Å². The molecule has 0 saturated carbocycles. The van der Waals surface area contributed by atoms with Crippen molar-refractivity contribution in [1.82, 2.24) is 5.43 Å². The summed E-state index contributed by atoms with van der Waals surface area (Å²) >= 11 is 5.82. The molecule has 0 radical (unpaired) electrons. The molecule has 0 fully saturated rings. The molecule has 2 aromatic rings. The van der Waals surface area contributed by atoms with Crippen molar-refractivity contribution in [3.05, 3.63) is 52.5 Å². The first-order valence-electron chi connectivity index (χ1n) is 6.78. The zero-order valence-electron chi connectivity index (χ0n) is 12.2. The van der Waals surface area contributed by atoms with Gasteiger partial charge in [0.1, 0.15) is 5.75 Å². The van der Waals surface area contributed by atoms with Crippen LogP contribution in [0.4, 0.5) is 0 Å². The number of halogens is 1. The van der Waals surface area contributed by atoms with Crippen molar-refractivity contribution in [3.8, 4) is 17.2 Å². The number of hydrogen-bond acceptors (Lipinski definition) is 5. The summed E-state index contributed by atoms with van der Waals surface area (Å²) in [4.78, 5) is 12.1. The second kappa shape index (κ2) is 6.18. The molecule has 0 aromatic heterocycles. The number of nitrogens with zero attached hydrogens (tertiary/aromatic N) is 1. The van der Waals surface area contributed by atoms with E-state index in [1.807, 2.05) is 6.07 Å². The van der Waals surface area contributed by atoms with Gasteiger partial charge in [-0.25, -0.2) is 5.43 Å². The fraction of sp³-hybridized carbons (Fsp3) is 0.125. The van der Waals surface area contributed by atoms with Gasteiger partial charge in [-0.1, -0.05) is 11.6 Å². The Kier molecular flexibility index (Phi) is 4.08. The molecule has 2 N–H and O–H groups in total. The average molecular weight is 333 g/mol. The Hall–Kier alpha value is -2.73. The van der Waals surface area contributed by atoms with Gasteiger partial charge in [0.25, 0.3) is 5.91 Å². The second-order valence-corrected chi connectivity index (χ2v) is 5.30. The van der Waals surface area contributed by atoms with Crippen LogP contribution in [0.2, 0.25) is 5.02 Å². The molecule has 0 atom stereocenters. The van der Waals surface area contributed by atoms with E-state index in [4.69, 9.17) is 21.1 Å². The Labute approximate surface area is 137 Å². The minimum absolute atomic E-state index is 0.0553. The van der Waals surface area contributed by atoms with Crippen molar-refractivity contribution in [2.24, 2.45) is 5.10 Å². The van der Waals surface area contributed by atoms with Gasteiger partial charge in [-0.15, -0.1) is 0 Å². The maximum atomic E-state index is 12.1. The third kappa shape index (κ3) is 3.22. The third-order valence-corrected chi connectivity index (χ3v) is 3.55. The minimum atomic E-state index is -0.551. The van der Waals surface area contributed by atoms with E-state index < -0.39 is 5.91 Å². The van der Waals surface area contributed by atoms with Gasteiger partial charge in [0.15, 0.2) is 11.5 Å². The van der Waals surface area contributed by atoms with Crippen LogP contribution in [0.1, 0.15) is 22.8 Å². The Morgan fingerprint density at radius 3 is 2.83 bits per heavy atom. The Balaban J connectivity index is 1.76. The fourth-order valence-corrected chi connectivity index (χ4v) is 2.24. The number of hydrazone groups is 1. The summed E-state index contributed by atoms with van der Waals surface area (Å²) in [5.74, 6) is 0.596. The normalized spacial score (nSPS) is 13.0. The lowest BCUT2D eigenvalue weighted by atomic mass is 10.1. The van der Waals surface area contributed by atoms with E-state index in [-0.39, 0.29) is 18.1 Å². The van der Waals surface area contributed by atoms with Crippen molar-refractivity contribution < 1.29 is 19.4 Å². The van der Waals surface area contributed by atoms with Crippen molar-refractivity contribution >= 4 is 23.2 Å². The summed E-state index contributed by atoms with van der Waals surface area (Å²) in [6.07, 6.45) is 0. The van der Waals surface area contributed by atoms with Gasteiger partial charge in [0.05, 0.1) is 11.3 Å². The molecule has 7 heteroatoms. The van der Waals surface area contributed by atoms with E-state index >= 15 is 0 Å². The summed E-state index contributed by atoms with van der Waals surface area (Å²) in [6.45, 7) is 1.94. The molecule has 0 aliphatic carbocycles. The molecule has 23 heavy (non-hydrogen) atoms. The van der Waals surface area contributed by atoms with Crippen LogP contribution in [0, 0.1) is 0 Å². The minimum Gasteiger partial charge on any atom is -0.507 e. The van der Waals surface area contributed by atoms with E-state index in [0.717, 1.165) is 5.56 Å². The lowest BCUT2D eigenvalue weighted by molar-refractivity contribution is 0.0952. The van der Waals surface area contributed by atoms with Gasteiger partial charge >= 0.3 is 0 Å². The first-order chi connectivity index (χ1) is 11.0. The summed E-state index contributed by atoms with van der Waals surface area (Å²) in [6, 6.07) is 9.60. The number of nitrogens with one attached hydrogen (secondary N) is 1. The number of carbonyl (C=O) groups excluding carboxylic acids is 1. The first kappa shape index (κ1) is 15.2. The van der Waals surface area contributed by atoms with Crippen LogP contribution in [0.25, 0.3) is 0 Å². The molecule has 1 aliphatic heterocycles. The molecule has 1 aliphatic rings. The fourth-order valence-electron chi connectivity index (χ4n) is 2.07. The van der Waals surface area contributed by atoms with Gasteiger partial charge in [0.2, 0.25) is 6.79 Å². The van der Waals surface area contributed by atoms with Crippen LogP contribution in [0.3, 0.4) is 0 Å². The molecule has 0 saturated heterocycles. The average Bonchev–Trinajstić information content (AvgIpc) is 3.02. The Morgan fingerprint density at radius 2 is 2.00 bits per heavy atom. The number of phenols is 1. The molecule has 2 aromatic carbocycles. The molecule has 0 bridgehead atoms. The van der Waals surface area contributed by atoms with Crippen LogP contribution >= 0.6 is 11.6 Å².